The summed E-state index contributed by atoms with van der Waals surface area (Å²) in [6, 6.07) is 3.43. The highest BCUT2D eigenvalue weighted by Gasteiger charge is 2.50. The van der Waals surface area contributed by atoms with E-state index >= 15 is 0 Å². The predicted molar refractivity (Wildman–Crippen MR) is 73.3 cm³/mol. The molecule has 0 aromatic heterocycles. The second kappa shape index (κ2) is 4.85. The van der Waals surface area contributed by atoms with Gasteiger partial charge in [0, 0.05) is 6.04 Å². The number of hydrogen-bond donors (Lipinski definition) is 2. The lowest BCUT2D eigenvalue weighted by atomic mass is 9.62. The lowest BCUT2D eigenvalue weighted by molar-refractivity contribution is -0.156. The Morgan fingerprint density at radius 3 is 2.42 bits per heavy atom. The molecule has 0 radical (unpaired) electrons. The van der Waals surface area contributed by atoms with Crippen LogP contribution in [0.4, 0.5) is 0 Å². The van der Waals surface area contributed by atoms with Crippen LogP contribution in [0.25, 0.3) is 0 Å². The van der Waals surface area contributed by atoms with Crippen LogP contribution in [0.5, 0.6) is 5.75 Å². The van der Waals surface area contributed by atoms with Gasteiger partial charge in [0.2, 0.25) is 0 Å². The van der Waals surface area contributed by atoms with Gasteiger partial charge in [-0.25, -0.2) is 0 Å². The molecule has 1 aliphatic carbocycles. The number of benzene rings is 1. The van der Waals surface area contributed by atoms with E-state index in [0.29, 0.717) is 12.8 Å². The van der Waals surface area contributed by atoms with Crippen LogP contribution in [-0.2, 0) is 4.79 Å². The maximum atomic E-state index is 11.5. The van der Waals surface area contributed by atoms with Gasteiger partial charge < -0.3 is 15.6 Å². The largest absolute Gasteiger partial charge is 0.496 e. The summed E-state index contributed by atoms with van der Waals surface area (Å²) < 4.78 is 5.28. The Morgan fingerprint density at radius 2 is 2.00 bits per heavy atom. The smallest absolute Gasteiger partial charge is 0.311 e. The Balaban J connectivity index is 2.41. The van der Waals surface area contributed by atoms with Gasteiger partial charge in [0.25, 0.3) is 0 Å². The highest BCUT2D eigenvalue weighted by molar-refractivity contribution is 5.77. The third-order valence-electron chi connectivity index (χ3n) is 4.39. The maximum absolute atomic E-state index is 11.5. The molecule has 3 N–H and O–H groups in total. The minimum Gasteiger partial charge on any atom is -0.496 e. The highest BCUT2D eigenvalue weighted by Crippen LogP contribution is 2.50. The molecule has 104 valence electrons. The first-order valence-electron chi connectivity index (χ1n) is 6.56. The summed E-state index contributed by atoms with van der Waals surface area (Å²) in [5.41, 5.74) is 8.38. The Hall–Kier alpha value is -1.55. The number of methoxy groups -OCH3 is 1. The minimum absolute atomic E-state index is 0.455. The summed E-state index contributed by atoms with van der Waals surface area (Å²) in [7, 11) is 1.63. The third kappa shape index (κ3) is 2.10. The van der Waals surface area contributed by atoms with Gasteiger partial charge in [0.05, 0.1) is 12.5 Å². The van der Waals surface area contributed by atoms with Crippen molar-refractivity contribution in [2.45, 2.75) is 39.2 Å². The molecule has 0 spiro atoms. The number of carboxylic acids is 1. The van der Waals surface area contributed by atoms with Gasteiger partial charge >= 0.3 is 5.97 Å². The third-order valence-corrected chi connectivity index (χ3v) is 4.39. The van der Waals surface area contributed by atoms with E-state index in [9.17, 15) is 9.90 Å². The molecule has 0 bridgehead atoms. The van der Waals surface area contributed by atoms with E-state index in [1.54, 1.807) is 7.11 Å². The van der Waals surface area contributed by atoms with Crippen molar-refractivity contribution in [2.75, 3.05) is 7.11 Å². The van der Waals surface area contributed by atoms with E-state index in [1.807, 2.05) is 26.0 Å². The molecular weight excluding hydrogens is 242 g/mol. The number of rotatable bonds is 4. The van der Waals surface area contributed by atoms with Crippen molar-refractivity contribution in [1.82, 2.24) is 0 Å². The predicted octanol–water partition coefficient (Wildman–Crippen LogP) is 2.57. The number of aryl methyl sites for hydroxylation is 2. The molecule has 0 amide bonds. The molecule has 0 aliphatic heterocycles. The lowest BCUT2D eigenvalue weighted by Crippen LogP contribution is -2.47. The quantitative estimate of drug-likeness (QED) is 0.875. The first-order valence-corrected chi connectivity index (χ1v) is 6.56. The summed E-state index contributed by atoms with van der Waals surface area (Å²) in [4.78, 5) is 11.5. The van der Waals surface area contributed by atoms with Gasteiger partial charge in [-0.15, -0.1) is 0 Å². The molecule has 1 aromatic rings. The Kier molecular flexibility index (Phi) is 3.54. The fourth-order valence-corrected chi connectivity index (χ4v) is 2.88. The highest BCUT2D eigenvalue weighted by atomic mass is 16.5. The van der Waals surface area contributed by atoms with Crippen LogP contribution in [-0.4, -0.2) is 18.2 Å². The summed E-state index contributed by atoms with van der Waals surface area (Å²) >= 11 is 0. The van der Waals surface area contributed by atoms with Crippen LogP contribution in [0.3, 0.4) is 0 Å². The molecular formula is C15H21NO3. The van der Waals surface area contributed by atoms with Crippen molar-refractivity contribution in [3.05, 3.63) is 28.8 Å². The van der Waals surface area contributed by atoms with E-state index < -0.39 is 17.4 Å². The van der Waals surface area contributed by atoms with Gasteiger partial charge in [-0.05, 0) is 49.4 Å². The second-order valence-electron chi connectivity index (χ2n) is 5.47. The molecule has 19 heavy (non-hydrogen) atoms. The van der Waals surface area contributed by atoms with E-state index in [0.717, 1.165) is 28.9 Å². The van der Waals surface area contributed by atoms with Crippen LogP contribution >= 0.6 is 0 Å². The Morgan fingerprint density at radius 1 is 1.37 bits per heavy atom. The molecule has 4 nitrogen and oxygen atoms in total. The van der Waals surface area contributed by atoms with Crippen molar-refractivity contribution in [3.63, 3.8) is 0 Å². The summed E-state index contributed by atoms with van der Waals surface area (Å²) in [6.45, 7) is 3.90. The average molecular weight is 263 g/mol. The standard InChI is InChI=1S/C15H21NO3/c1-9-8-12(19-3)10(2)7-11(9)13(16)15(14(17)18)5-4-6-15/h7-8,13H,4-6,16H2,1-3H3,(H,17,18). The van der Waals surface area contributed by atoms with Crippen molar-refractivity contribution < 1.29 is 14.6 Å². The molecule has 4 heteroatoms. The molecule has 2 rings (SSSR count). The van der Waals surface area contributed by atoms with Crippen molar-refractivity contribution in [2.24, 2.45) is 11.1 Å². The summed E-state index contributed by atoms with van der Waals surface area (Å²) in [6.07, 6.45) is 2.26. The molecule has 1 atom stereocenters. The van der Waals surface area contributed by atoms with Crippen molar-refractivity contribution in [3.8, 4) is 5.75 Å². The van der Waals surface area contributed by atoms with Crippen LogP contribution in [0.15, 0.2) is 12.1 Å². The number of nitrogens with two attached hydrogens (primary N) is 1. The Bertz CT molecular complexity index is 506. The molecule has 1 saturated carbocycles. The van der Waals surface area contributed by atoms with Crippen molar-refractivity contribution in [1.29, 1.82) is 0 Å². The fourth-order valence-electron chi connectivity index (χ4n) is 2.88. The van der Waals surface area contributed by atoms with E-state index in [2.05, 4.69) is 0 Å². The number of aliphatic carboxylic acids is 1. The van der Waals surface area contributed by atoms with E-state index in [4.69, 9.17) is 10.5 Å². The zero-order chi connectivity index (χ0) is 14.2. The van der Waals surface area contributed by atoms with E-state index in [-0.39, 0.29) is 0 Å². The minimum atomic E-state index is -0.786. The maximum Gasteiger partial charge on any atom is 0.311 e. The Labute approximate surface area is 113 Å². The van der Waals surface area contributed by atoms with Gasteiger partial charge in [-0.3, -0.25) is 4.79 Å². The van der Waals surface area contributed by atoms with E-state index in [1.165, 1.54) is 0 Å². The fraction of sp³-hybridized carbons (Fsp3) is 0.533. The van der Waals surface area contributed by atoms with Crippen LogP contribution in [0.1, 0.15) is 42.0 Å². The lowest BCUT2D eigenvalue weighted by Gasteiger charge is -2.43. The number of carboxylic acid groups (broad SMARTS) is 1. The van der Waals surface area contributed by atoms with Gasteiger partial charge in [-0.2, -0.15) is 0 Å². The molecule has 0 saturated heterocycles. The number of ether oxygens (including phenoxy) is 1. The van der Waals surface area contributed by atoms with Crippen molar-refractivity contribution >= 4 is 5.97 Å². The van der Waals surface area contributed by atoms with Crippen LogP contribution in [0.2, 0.25) is 0 Å². The average Bonchev–Trinajstić information content (AvgIpc) is 2.29. The molecule has 0 heterocycles. The van der Waals surface area contributed by atoms with Gasteiger partial charge in [0.15, 0.2) is 0 Å². The van der Waals surface area contributed by atoms with Crippen LogP contribution < -0.4 is 10.5 Å². The van der Waals surface area contributed by atoms with Gasteiger partial charge in [0.1, 0.15) is 5.75 Å². The topological polar surface area (TPSA) is 72.5 Å². The molecule has 1 unspecified atom stereocenters. The summed E-state index contributed by atoms with van der Waals surface area (Å²) in [5.74, 6) is 0.0329. The number of hydrogen-bond acceptors (Lipinski definition) is 3. The first kappa shape index (κ1) is 13.9. The zero-order valence-corrected chi connectivity index (χ0v) is 11.7. The number of carbonyl (C=O) groups is 1. The molecule has 1 aromatic carbocycles. The molecule has 1 fully saturated rings. The first-order chi connectivity index (χ1) is 8.92. The van der Waals surface area contributed by atoms with Gasteiger partial charge in [-0.1, -0.05) is 12.5 Å². The normalized spacial score (nSPS) is 18.5. The summed E-state index contributed by atoms with van der Waals surface area (Å²) in [5, 5.41) is 9.47. The second-order valence-corrected chi connectivity index (χ2v) is 5.47. The monoisotopic (exact) mass is 263 g/mol. The molecule has 1 aliphatic rings. The zero-order valence-electron chi connectivity index (χ0n) is 11.7. The SMILES string of the molecule is COc1cc(C)c(C(N)C2(C(=O)O)CCC2)cc1C. The van der Waals surface area contributed by atoms with Crippen LogP contribution in [0, 0.1) is 19.3 Å².